The van der Waals surface area contributed by atoms with Crippen molar-refractivity contribution >= 4 is 34.4 Å². The van der Waals surface area contributed by atoms with Gasteiger partial charge < -0.3 is 19.4 Å². The number of nitrogens with zero attached hydrogens (tertiary/aromatic N) is 8. The van der Waals surface area contributed by atoms with E-state index in [2.05, 4.69) is 54.4 Å². The van der Waals surface area contributed by atoms with Gasteiger partial charge in [-0.2, -0.15) is 5.10 Å². The molecular weight excluding hydrogens is 839 g/mol. The molecule has 2 saturated heterocycles. The zero-order valence-corrected chi connectivity index (χ0v) is 36.7. The molecule has 65 heavy (non-hydrogen) atoms. The molecule has 2 N–H and O–H groups in total. The highest BCUT2D eigenvalue weighted by Crippen LogP contribution is 2.36. The largest absolute Gasteiger partial charge is 0.444 e. The number of nitrogens with one attached hydrogen (secondary N) is 2. The number of aryl methyl sites for hydroxylation is 2. The van der Waals surface area contributed by atoms with Crippen LogP contribution in [-0.4, -0.2) is 109 Å². The summed E-state index contributed by atoms with van der Waals surface area (Å²) in [5, 5.41) is 9.20. The SMILES string of the molecule is CN(CC1CCC(n2cc(NC(=O)c3coc(-c4ccnc(CCC5CC5)c4)n3)c(C(F)F)n2)CC1)C[C@H]1CN(CC#Cc2ccc3c(c2)n(C)c(=O)n3C2CCC(=O)NC2=O)CCO1. The molecule has 18 heteroatoms. The third-order valence-corrected chi connectivity index (χ3v) is 13.2. The van der Waals surface area contributed by atoms with Crippen molar-refractivity contribution in [3.63, 3.8) is 0 Å². The van der Waals surface area contributed by atoms with E-state index in [0.717, 1.165) is 81.9 Å². The maximum atomic E-state index is 14.2. The number of benzene rings is 1. The summed E-state index contributed by atoms with van der Waals surface area (Å²) in [5.41, 5.74) is 2.84. The van der Waals surface area contributed by atoms with Gasteiger partial charge >= 0.3 is 5.69 Å². The van der Waals surface area contributed by atoms with Crippen LogP contribution in [0.2, 0.25) is 0 Å². The number of hydrogen-bond donors (Lipinski definition) is 2. The van der Waals surface area contributed by atoms with Crippen molar-refractivity contribution in [1.82, 2.24) is 44.0 Å². The molecule has 2 aliphatic heterocycles. The number of alkyl halides is 2. The molecule has 2 aliphatic carbocycles. The first kappa shape index (κ1) is 44.2. The van der Waals surface area contributed by atoms with Crippen molar-refractivity contribution in [2.24, 2.45) is 18.9 Å². The van der Waals surface area contributed by atoms with Gasteiger partial charge in [-0.3, -0.25) is 43.4 Å². The summed E-state index contributed by atoms with van der Waals surface area (Å²) in [6.45, 7) is 4.31. The maximum Gasteiger partial charge on any atom is 0.329 e. The number of pyridine rings is 1. The molecular formula is C47H54F2N10O6. The second-order valence-corrected chi connectivity index (χ2v) is 18.0. The molecule has 4 aliphatic rings. The van der Waals surface area contributed by atoms with Crippen LogP contribution in [0.4, 0.5) is 14.5 Å². The van der Waals surface area contributed by atoms with Gasteiger partial charge in [0.05, 0.1) is 42.0 Å². The van der Waals surface area contributed by atoms with E-state index in [-0.39, 0.29) is 53.9 Å². The lowest BCUT2D eigenvalue weighted by Gasteiger charge is -2.36. The number of carbonyl (C=O) groups is 3. The number of halogens is 2. The summed E-state index contributed by atoms with van der Waals surface area (Å²) in [6.07, 6.45) is 9.92. The second-order valence-electron chi connectivity index (χ2n) is 18.0. The third-order valence-electron chi connectivity index (χ3n) is 13.2. The van der Waals surface area contributed by atoms with Gasteiger partial charge in [-0.25, -0.2) is 18.6 Å². The Labute approximate surface area is 374 Å². The molecule has 1 unspecified atom stereocenters. The summed E-state index contributed by atoms with van der Waals surface area (Å²) in [5.74, 6) is 6.55. The summed E-state index contributed by atoms with van der Waals surface area (Å²) < 4.78 is 44.7. The van der Waals surface area contributed by atoms with Crippen LogP contribution >= 0.6 is 0 Å². The lowest BCUT2D eigenvalue weighted by molar-refractivity contribution is -0.135. The Kier molecular flexibility index (Phi) is 13.1. The Hall–Kier alpha value is -6.03. The van der Waals surface area contributed by atoms with Crippen LogP contribution < -0.4 is 16.3 Å². The van der Waals surface area contributed by atoms with Crippen LogP contribution in [0.1, 0.15) is 104 Å². The fraction of sp³-hybridized carbons (Fsp3) is 0.511. The molecule has 342 valence electrons. The summed E-state index contributed by atoms with van der Waals surface area (Å²) in [7, 11) is 3.77. The van der Waals surface area contributed by atoms with Gasteiger partial charge in [-0.05, 0) is 94.2 Å². The molecule has 2 atom stereocenters. The van der Waals surface area contributed by atoms with Crippen LogP contribution in [-0.2, 0) is 27.8 Å². The van der Waals surface area contributed by atoms with E-state index in [9.17, 15) is 28.0 Å². The number of fused-ring (bicyclic) bond motifs is 1. The van der Waals surface area contributed by atoms with Crippen molar-refractivity contribution < 1.29 is 32.3 Å². The van der Waals surface area contributed by atoms with Crippen LogP contribution in [0.25, 0.3) is 22.5 Å². The number of piperidine rings is 1. The monoisotopic (exact) mass is 892 g/mol. The number of likely N-dealkylation sites (N-methyl/N-ethyl adjacent to an activating group) is 1. The number of morpholine rings is 1. The standard InChI is InChI=1S/C47H54F2N10O6/c1-55(25-35-26-57(20-21-64-35)19-3-4-30-10-14-38-40(22-30)56(2)47(63)59(38)39-15-16-41(60)53-45(39)62)24-31-8-12-34(13-9-31)58-27-36(42(54-58)43(48)49)51-44(61)37-28-65-46(52-37)32-17-18-50-33(23-32)11-7-29-5-6-29/h10,14,17-18,22-23,27-29,31,34-35,39,43H,5-9,11-13,15-16,19-21,24-26H2,1-2H3,(H,51,61)(H,53,60,62)/t31?,34?,35-,39?/m0/s1. The van der Waals surface area contributed by atoms with Crippen LogP contribution in [0.3, 0.4) is 0 Å². The molecule has 2 saturated carbocycles. The number of imide groups is 1. The van der Waals surface area contributed by atoms with E-state index >= 15 is 0 Å². The Morgan fingerprint density at radius 2 is 1.85 bits per heavy atom. The predicted octanol–water partition coefficient (Wildman–Crippen LogP) is 5.51. The first-order chi connectivity index (χ1) is 31.4. The topological polar surface area (TPSA) is 175 Å². The average Bonchev–Trinajstić information content (AvgIpc) is 3.71. The van der Waals surface area contributed by atoms with Crippen molar-refractivity contribution in [1.29, 1.82) is 0 Å². The highest BCUT2D eigenvalue weighted by Gasteiger charge is 2.32. The molecule has 9 rings (SSSR count). The number of ether oxygens (including phenoxy) is 1. The minimum absolute atomic E-state index is 0.0163. The highest BCUT2D eigenvalue weighted by molar-refractivity contribution is 6.03. The Morgan fingerprint density at radius 1 is 1.03 bits per heavy atom. The Morgan fingerprint density at radius 3 is 2.63 bits per heavy atom. The molecule has 4 aromatic heterocycles. The quantitative estimate of drug-likeness (QED) is 0.106. The number of hydrogen-bond acceptors (Lipinski definition) is 11. The lowest BCUT2D eigenvalue weighted by Crippen LogP contribution is -2.47. The zero-order chi connectivity index (χ0) is 45.2. The third kappa shape index (κ3) is 10.3. The predicted molar refractivity (Wildman–Crippen MR) is 236 cm³/mol. The fourth-order valence-electron chi connectivity index (χ4n) is 9.47. The maximum absolute atomic E-state index is 14.2. The minimum atomic E-state index is -2.87. The van der Waals surface area contributed by atoms with Crippen LogP contribution in [0.5, 0.6) is 0 Å². The molecule has 16 nitrogen and oxygen atoms in total. The van der Waals surface area contributed by atoms with Crippen molar-refractivity contribution in [3.05, 3.63) is 82.1 Å². The van der Waals surface area contributed by atoms with Gasteiger partial charge in [-0.15, -0.1) is 0 Å². The van der Waals surface area contributed by atoms with E-state index in [1.165, 1.54) is 34.4 Å². The number of carbonyl (C=O) groups excluding carboxylic acids is 3. The van der Waals surface area contributed by atoms with E-state index in [1.807, 2.05) is 24.3 Å². The first-order valence-corrected chi connectivity index (χ1v) is 22.6. The van der Waals surface area contributed by atoms with Gasteiger partial charge in [0.1, 0.15) is 12.3 Å². The van der Waals surface area contributed by atoms with Crippen molar-refractivity contribution in [2.45, 2.75) is 88.8 Å². The second kappa shape index (κ2) is 19.2. The van der Waals surface area contributed by atoms with Gasteiger partial charge in [-0.1, -0.05) is 24.7 Å². The van der Waals surface area contributed by atoms with Crippen LogP contribution in [0.15, 0.2) is 58.2 Å². The molecule has 3 amide bonds. The molecule has 4 fully saturated rings. The molecule has 0 spiro atoms. The summed E-state index contributed by atoms with van der Waals surface area (Å²) >= 11 is 0. The number of amides is 3. The summed E-state index contributed by atoms with van der Waals surface area (Å²) in [4.78, 5) is 64.0. The molecule has 5 aromatic rings. The number of anilines is 1. The van der Waals surface area contributed by atoms with Gasteiger partial charge in [0.25, 0.3) is 12.3 Å². The van der Waals surface area contributed by atoms with Gasteiger partial charge in [0.2, 0.25) is 17.7 Å². The smallest absolute Gasteiger partial charge is 0.329 e. The normalized spacial score (nSPS) is 21.8. The Balaban J connectivity index is 0.738. The van der Waals surface area contributed by atoms with E-state index in [0.29, 0.717) is 35.7 Å². The number of aromatic nitrogens is 6. The highest BCUT2D eigenvalue weighted by atomic mass is 19.3. The molecule has 0 bridgehead atoms. The average molecular weight is 893 g/mol. The summed E-state index contributed by atoms with van der Waals surface area (Å²) in [6, 6.07) is 8.38. The van der Waals surface area contributed by atoms with Crippen LogP contribution in [0, 0.1) is 23.7 Å². The van der Waals surface area contributed by atoms with Crippen molar-refractivity contribution in [2.75, 3.05) is 51.7 Å². The minimum Gasteiger partial charge on any atom is -0.444 e. The molecule has 6 heterocycles. The molecule has 1 aromatic carbocycles. The van der Waals surface area contributed by atoms with E-state index in [1.54, 1.807) is 24.0 Å². The fourth-order valence-corrected chi connectivity index (χ4v) is 9.47. The van der Waals surface area contributed by atoms with Gasteiger partial charge in [0.15, 0.2) is 11.4 Å². The number of imidazole rings is 1. The lowest BCUT2D eigenvalue weighted by atomic mass is 9.86. The molecule has 0 radical (unpaired) electrons. The van der Waals surface area contributed by atoms with E-state index < -0.39 is 30.0 Å². The number of oxazole rings is 1. The van der Waals surface area contributed by atoms with E-state index in [4.69, 9.17) is 9.15 Å². The first-order valence-electron chi connectivity index (χ1n) is 22.6. The van der Waals surface area contributed by atoms with Gasteiger partial charge in [0, 0.05) is 68.9 Å². The zero-order valence-electron chi connectivity index (χ0n) is 36.7. The Bertz CT molecular complexity index is 2680. The number of rotatable bonds is 14. The van der Waals surface area contributed by atoms with Crippen molar-refractivity contribution in [3.8, 4) is 23.3 Å².